The van der Waals surface area contributed by atoms with Crippen molar-refractivity contribution in [2.45, 2.75) is 27.3 Å². The monoisotopic (exact) mass is 331 g/mol. The number of nitrogens with one attached hydrogen (secondary N) is 1. The lowest BCUT2D eigenvalue weighted by Crippen LogP contribution is -2.14. The van der Waals surface area contributed by atoms with E-state index in [0.29, 0.717) is 22.9 Å². The second-order valence-electron chi connectivity index (χ2n) is 5.88. The average molecular weight is 331 g/mol. The van der Waals surface area contributed by atoms with E-state index in [2.05, 4.69) is 24.3 Å². The first-order valence-corrected chi connectivity index (χ1v) is 7.65. The van der Waals surface area contributed by atoms with Crippen molar-refractivity contribution in [3.8, 4) is 5.75 Å². The molecule has 0 unspecified atom stereocenters. The molecule has 0 atom stereocenters. The molecule has 1 aromatic heterocycles. The Bertz CT molecular complexity index is 737. The van der Waals surface area contributed by atoms with Gasteiger partial charge in [0.2, 0.25) is 0 Å². The number of benzene rings is 1. The smallest absolute Gasteiger partial charge is 0.341 e. The fraction of sp³-hybridized carbons (Fsp3) is 0.353. The lowest BCUT2D eigenvalue weighted by molar-refractivity contribution is -0.139. The van der Waals surface area contributed by atoms with Crippen molar-refractivity contribution >= 4 is 17.6 Å². The first-order valence-electron chi connectivity index (χ1n) is 7.65. The van der Waals surface area contributed by atoms with Gasteiger partial charge in [-0.05, 0) is 25.0 Å². The van der Waals surface area contributed by atoms with E-state index in [0.717, 1.165) is 12.2 Å². The van der Waals surface area contributed by atoms with Gasteiger partial charge in [0.05, 0.1) is 11.8 Å². The van der Waals surface area contributed by atoms with Gasteiger partial charge in [-0.3, -0.25) is 9.48 Å². The third-order valence-corrected chi connectivity index (χ3v) is 3.34. The van der Waals surface area contributed by atoms with E-state index in [9.17, 15) is 9.59 Å². The predicted molar refractivity (Wildman–Crippen MR) is 89.3 cm³/mol. The molecule has 0 radical (unpaired) electrons. The van der Waals surface area contributed by atoms with E-state index >= 15 is 0 Å². The molecular weight excluding hydrogens is 310 g/mol. The minimum absolute atomic E-state index is 0.266. The third-order valence-electron chi connectivity index (χ3n) is 3.34. The van der Waals surface area contributed by atoms with Crippen LogP contribution in [0.1, 0.15) is 29.9 Å². The van der Waals surface area contributed by atoms with Gasteiger partial charge in [-0.25, -0.2) is 4.79 Å². The van der Waals surface area contributed by atoms with E-state index in [1.807, 2.05) is 11.6 Å². The van der Waals surface area contributed by atoms with E-state index < -0.39 is 12.6 Å². The average Bonchev–Trinajstić information content (AvgIpc) is 2.86. The molecule has 0 fully saturated rings. The van der Waals surface area contributed by atoms with E-state index in [-0.39, 0.29) is 5.91 Å². The number of carboxylic acid groups (broad SMARTS) is 1. The molecule has 2 rings (SSSR count). The van der Waals surface area contributed by atoms with Crippen molar-refractivity contribution in [1.29, 1.82) is 0 Å². The Morgan fingerprint density at radius 2 is 2.12 bits per heavy atom. The molecule has 24 heavy (non-hydrogen) atoms. The molecule has 0 spiro atoms. The number of hydrogen-bond donors (Lipinski definition) is 2. The number of rotatable bonds is 7. The van der Waals surface area contributed by atoms with Crippen molar-refractivity contribution in [3.05, 3.63) is 41.7 Å². The van der Waals surface area contributed by atoms with Crippen LogP contribution < -0.4 is 10.1 Å². The van der Waals surface area contributed by atoms with Crippen molar-refractivity contribution in [3.63, 3.8) is 0 Å². The van der Waals surface area contributed by atoms with Gasteiger partial charge < -0.3 is 15.2 Å². The maximum Gasteiger partial charge on any atom is 0.341 e. The highest BCUT2D eigenvalue weighted by molar-refractivity contribution is 6.04. The maximum absolute atomic E-state index is 12.4. The molecule has 1 aromatic carbocycles. The summed E-state index contributed by atoms with van der Waals surface area (Å²) < 4.78 is 6.91. The molecule has 0 aliphatic carbocycles. The fourth-order valence-corrected chi connectivity index (χ4v) is 2.21. The Morgan fingerprint density at radius 1 is 1.38 bits per heavy atom. The standard InChI is InChI=1S/C17H21N3O4/c1-11(2)9-20-12(3)15(8-18-20)17(23)19-13-5-4-6-14(7-13)24-10-16(21)22/h4-8,11H,9-10H2,1-3H3,(H,19,23)(H,21,22). The predicted octanol–water partition coefficient (Wildman–Crippen LogP) is 2.56. The van der Waals surface area contributed by atoms with Gasteiger partial charge in [0.1, 0.15) is 5.75 Å². The number of aromatic nitrogens is 2. The molecule has 0 aliphatic heterocycles. The largest absolute Gasteiger partial charge is 0.482 e. The molecule has 2 N–H and O–H groups in total. The minimum atomic E-state index is -1.06. The van der Waals surface area contributed by atoms with Gasteiger partial charge >= 0.3 is 5.97 Å². The van der Waals surface area contributed by atoms with Crippen LogP contribution in [-0.2, 0) is 11.3 Å². The van der Waals surface area contributed by atoms with Crippen molar-refractivity contribution < 1.29 is 19.4 Å². The SMILES string of the molecule is Cc1c(C(=O)Nc2cccc(OCC(=O)O)c2)cnn1CC(C)C. The van der Waals surface area contributed by atoms with E-state index in [4.69, 9.17) is 9.84 Å². The molecule has 0 saturated carbocycles. The summed E-state index contributed by atoms with van der Waals surface area (Å²) >= 11 is 0. The number of carbonyl (C=O) groups excluding carboxylic acids is 1. The summed E-state index contributed by atoms with van der Waals surface area (Å²) in [5.74, 6) is -0.513. The Labute approximate surface area is 140 Å². The van der Waals surface area contributed by atoms with Crippen LogP contribution in [-0.4, -0.2) is 33.4 Å². The number of anilines is 1. The van der Waals surface area contributed by atoms with Crippen LogP contribution in [0.2, 0.25) is 0 Å². The van der Waals surface area contributed by atoms with Gasteiger partial charge in [-0.15, -0.1) is 0 Å². The number of carboxylic acids is 1. The number of carbonyl (C=O) groups is 2. The van der Waals surface area contributed by atoms with Crippen LogP contribution in [0.15, 0.2) is 30.5 Å². The van der Waals surface area contributed by atoms with Gasteiger partial charge in [0, 0.05) is 24.0 Å². The maximum atomic E-state index is 12.4. The molecule has 0 bridgehead atoms. The number of hydrogen-bond acceptors (Lipinski definition) is 4. The zero-order valence-corrected chi connectivity index (χ0v) is 13.9. The lowest BCUT2D eigenvalue weighted by Gasteiger charge is -2.09. The second kappa shape index (κ2) is 7.63. The quantitative estimate of drug-likeness (QED) is 0.813. The van der Waals surface area contributed by atoms with Crippen LogP contribution in [0.5, 0.6) is 5.75 Å². The Kier molecular flexibility index (Phi) is 5.57. The normalized spacial score (nSPS) is 10.7. The zero-order chi connectivity index (χ0) is 17.7. The molecule has 0 aliphatic rings. The Balaban J connectivity index is 2.08. The van der Waals surface area contributed by atoms with E-state index in [1.54, 1.807) is 30.5 Å². The topological polar surface area (TPSA) is 93.4 Å². The zero-order valence-electron chi connectivity index (χ0n) is 13.9. The first kappa shape index (κ1) is 17.5. The molecular formula is C17H21N3O4. The Morgan fingerprint density at radius 3 is 2.79 bits per heavy atom. The molecule has 7 heteroatoms. The highest BCUT2D eigenvalue weighted by Crippen LogP contribution is 2.19. The number of ether oxygens (including phenoxy) is 1. The van der Waals surface area contributed by atoms with Crippen molar-refractivity contribution in [2.75, 3.05) is 11.9 Å². The van der Waals surface area contributed by atoms with Gasteiger partial charge in [0.15, 0.2) is 6.61 Å². The summed E-state index contributed by atoms with van der Waals surface area (Å²) in [6, 6.07) is 6.60. The Hall–Kier alpha value is -2.83. The van der Waals surface area contributed by atoms with Crippen molar-refractivity contribution in [2.24, 2.45) is 5.92 Å². The number of nitrogens with zero attached hydrogens (tertiary/aromatic N) is 2. The summed E-state index contributed by atoms with van der Waals surface area (Å²) in [7, 11) is 0. The summed E-state index contributed by atoms with van der Waals surface area (Å²) in [6.07, 6.45) is 1.55. The number of aliphatic carboxylic acids is 1. The highest BCUT2D eigenvalue weighted by Gasteiger charge is 2.15. The molecule has 1 amide bonds. The summed E-state index contributed by atoms with van der Waals surface area (Å²) in [6.45, 7) is 6.35. The molecule has 2 aromatic rings. The lowest BCUT2D eigenvalue weighted by atomic mass is 10.2. The molecule has 1 heterocycles. The highest BCUT2D eigenvalue weighted by atomic mass is 16.5. The fourth-order valence-electron chi connectivity index (χ4n) is 2.21. The third kappa shape index (κ3) is 4.58. The second-order valence-corrected chi connectivity index (χ2v) is 5.88. The molecule has 7 nitrogen and oxygen atoms in total. The van der Waals surface area contributed by atoms with Gasteiger partial charge in [-0.2, -0.15) is 5.10 Å². The molecule has 0 saturated heterocycles. The van der Waals surface area contributed by atoms with Crippen LogP contribution in [0.4, 0.5) is 5.69 Å². The van der Waals surface area contributed by atoms with Crippen LogP contribution in [0.25, 0.3) is 0 Å². The van der Waals surface area contributed by atoms with Gasteiger partial charge in [0.25, 0.3) is 5.91 Å². The first-order chi connectivity index (χ1) is 11.4. The molecule has 128 valence electrons. The van der Waals surface area contributed by atoms with Crippen LogP contribution in [0.3, 0.4) is 0 Å². The number of amides is 1. The van der Waals surface area contributed by atoms with E-state index in [1.165, 1.54) is 0 Å². The van der Waals surface area contributed by atoms with Gasteiger partial charge in [-0.1, -0.05) is 19.9 Å². The van der Waals surface area contributed by atoms with Crippen molar-refractivity contribution in [1.82, 2.24) is 9.78 Å². The summed E-state index contributed by atoms with van der Waals surface area (Å²) in [4.78, 5) is 22.9. The van der Waals surface area contributed by atoms with Crippen LogP contribution >= 0.6 is 0 Å². The summed E-state index contributed by atoms with van der Waals surface area (Å²) in [5, 5.41) is 15.7. The summed E-state index contributed by atoms with van der Waals surface area (Å²) in [5.41, 5.74) is 1.84. The minimum Gasteiger partial charge on any atom is -0.482 e. The van der Waals surface area contributed by atoms with Crippen LogP contribution in [0, 0.1) is 12.8 Å².